The van der Waals surface area contributed by atoms with Crippen LogP contribution in [0.3, 0.4) is 0 Å². The Morgan fingerprint density at radius 2 is 1.90 bits per heavy atom. The van der Waals surface area contributed by atoms with Crippen molar-refractivity contribution in [1.29, 1.82) is 0 Å². The molecular weight excluding hydrogens is 412 g/mol. The average molecular weight is 439 g/mol. The van der Waals surface area contributed by atoms with Crippen molar-refractivity contribution in [1.82, 2.24) is 14.8 Å². The fourth-order valence-electron chi connectivity index (χ4n) is 3.48. The van der Waals surface area contributed by atoms with Gasteiger partial charge in [0.1, 0.15) is 5.75 Å². The minimum Gasteiger partial charge on any atom is -0.483 e. The van der Waals surface area contributed by atoms with Gasteiger partial charge in [0.15, 0.2) is 11.7 Å². The molecule has 0 atom stereocenters. The molecule has 1 aliphatic heterocycles. The molecule has 31 heavy (non-hydrogen) atoms. The lowest BCUT2D eigenvalue weighted by Crippen LogP contribution is -2.47. The smallest absolute Gasteiger partial charge is 0.264 e. The number of carbonyl (C=O) groups excluding carboxylic acids is 2. The number of fused-ring (bicyclic) bond motifs is 1. The van der Waals surface area contributed by atoms with Crippen LogP contribution in [0.2, 0.25) is 0 Å². The fourth-order valence-corrected chi connectivity index (χ4v) is 4.40. The molecule has 1 N–H and O–H groups in total. The normalized spacial score (nSPS) is 14.6. The lowest BCUT2D eigenvalue weighted by atomic mass is 10.1. The van der Waals surface area contributed by atoms with Gasteiger partial charge in [-0.15, -0.1) is 0 Å². The lowest BCUT2D eigenvalue weighted by molar-refractivity contribution is -0.118. The number of rotatable bonds is 5. The molecule has 0 bridgehead atoms. The third-order valence-electron chi connectivity index (χ3n) is 5.59. The van der Waals surface area contributed by atoms with Gasteiger partial charge in [0.05, 0.1) is 10.2 Å². The molecule has 1 fully saturated rings. The number of benzene rings is 2. The molecular formula is C23H26N4O3S. The van der Waals surface area contributed by atoms with Gasteiger partial charge in [-0.2, -0.15) is 0 Å². The summed E-state index contributed by atoms with van der Waals surface area (Å²) in [5.74, 6) is 0.469. The van der Waals surface area contributed by atoms with E-state index in [4.69, 9.17) is 4.74 Å². The number of ether oxygens (including phenoxy) is 1. The van der Waals surface area contributed by atoms with E-state index in [-0.39, 0.29) is 18.4 Å². The van der Waals surface area contributed by atoms with Crippen LogP contribution in [0.15, 0.2) is 36.4 Å². The Morgan fingerprint density at radius 3 is 2.68 bits per heavy atom. The Labute approximate surface area is 185 Å². The van der Waals surface area contributed by atoms with E-state index in [2.05, 4.69) is 22.2 Å². The van der Waals surface area contributed by atoms with Gasteiger partial charge in [0.25, 0.3) is 11.8 Å². The Morgan fingerprint density at radius 1 is 1.13 bits per heavy atom. The standard InChI is InChI=1S/C23H26N4O3S/c1-15-5-4-6-19(16(15)2)30-14-21(28)25-23-24-18-8-7-17(13-20(18)31-23)22(29)27-11-9-26(3)10-12-27/h4-8,13H,9-12,14H2,1-3H3,(H,24,25,28). The summed E-state index contributed by atoms with van der Waals surface area (Å²) in [4.78, 5) is 33.7. The van der Waals surface area contributed by atoms with Gasteiger partial charge in [-0.3, -0.25) is 14.9 Å². The summed E-state index contributed by atoms with van der Waals surface area (Å²) in [5, 5.41) is 3.29. The van der Waals surface area contributed by atoms with E-state index in [1.807, 2.05) is 49.1 Å². The third kappa shape index (κ3) is 4.86. The van der Waals surface area contributed by atoms with E-state index >= 15 is 0 Å². The highest BCUT2D eigenvalue weighted by Crippen LogP contribution is 2.27. The van der Waals surface area contributed by atoms with E-state index in [1.54, 1.807) is 6.07 Å². The summed E-state index contributed by atoms with van der Waals surface area (Å²) in [6.45, 7) is 7.12. The first kappa shape index (κ1) is 21.3. The highest BCUT2D eigenvalue weighted by molar-refractivity contribution is 7.22. The monoisotopic (exact) mass is 438 g/mol. The molecule has 0 radical (unpaired) electrons. The zero-order valence-corrected chi connectivity index (χ0v) is 18.8. The summed E-state index contributed by atoms with van der Waals surface area (Å²) in [7, 11) is 2.06. The number of thiazole rings is 1. The molecule has 1 aliphatic rings. The van der Waals surface area contributed by atoms with Crippen molar-refractivity contribution in [3.8, 4) is 5.75 Å². The van der Waals surface area contributed by atoms with Crippen molar-refractivity contribution < 1.29 is 14.3 Å². The first-order valence-corrected chi connectivity index (χ1v) is 11.1. The second-order valence-corrected chi connectivity index (χ2v) is 8.86. The van der Waals surface area contributed by atoms with Gasteiger partial charge in [-0.25, -0.2) is 4.98 Å². The van der Waals surface area contributed by atoms with Gasteiger partial charge < -0.3 is 14.5 Å². The highest BCUT2D eigenvalue weighted by Gasteiger charge is 2.21. The highest BCUT2D eigenvalue weighted by atomic mass is 32.1. The van der Waals surface area contributed by atoms with Crippen LogP contribution in [-0.4, -0.2) is 66.4 Å². The van der Waals surface area contributed by atoms with Crippen LogP contribution < -0.4 is 10.1 Å². The first-order valence-electron chi connectivity index (χ1n) is 10.3. The number of likely N-dealkylation sites (N-methyl/N-ethyl adjacent to an activating group) is 1. The van der Waals surface area contributed by atoms with E-state index in [0.717, 1.165) is 47.5 Å². The molecule has 3 aromatic rings. The minimum atomic E-state index is -0.270. The Kier molecular flexibility index (Phi) is 6.20. The van der Waals surface area contributed by atoms with E-state index in [1.165, 1.54) is 11.3 Å². The maximum Gasteiger partial charge on any atom is 0.264 e. The zero-order chi connectivity index (χ0) is 22.0. The van der Waals surface area contributed by atoms with E-state index < -0.39 is 0 Å². The number of anilines is 1. The summed E-state index contributed by atoms with van der Waals surface area (Å²) >= 11 is 1.35. The molecule has 2 amide bonds. The van der Waals surface area contributed by atoms with Crippen molar-refractivity contribution in [3.63, 3.8) is 0 Å². The number of amides is 2. The molecule has 0 saturated carbocycles. The predicted octanol–water partition coefficient (Wildman–Crippen LogP) is 3.32. The summed E-state index contributed by atoms with van der Waals surface area (Å²) in [5.41, 5.74) is 3.54. The first-order chi connectivity index (χ1) is 14.9. The molecule has 0 unspecified atom stereocenters. The van der Waals surface area contributed by atoms with E-state index in [0.29, 0.717) is 16.4 Å². The van der Waals surface area contributed by atoms with Crippen LogP contribution in [0.25, 0.3) is 10.2 Å². The molecule has 0 spiro atoms. The third-order valence-corrected chi connectivity index (χ3v) is 6.52. The van der Waals surface area contributed by atoms with Crippen LogP contribution in [0.4, 0.5) is 5.13 Å². The SMILES string of the molecule is Cc1cccc(OCC(=O)Nc2nc3ccc(C(=O)N4CCN(C)CC4)cc3s2)c1C. The quantitative estimate of drug-likeness (QED) is 0.662. The van der Waals surface area contributed by atoms with Crippen molar-refractivity contribution in [2.24, 2.45) is 0 Å². The molecule has 4 rings (SSSR count). The van der Waals surface area contributed by atoms with E-state index in [9.17, 15) is 9.59 Å². The second kappa shape index (κ2) is 9.03. The molecule has 0 aliphatic carbocycles. The Hall–Kier alpha value is -2.97. The maximum absolute atomic E-state index is 12.8. The maximum atomic E-state index is 12.8. The second-order valence-electron chi connectivity index (χ2n) is 7.83. The topological polar surface area (TPSA) is 74.8 Å². The number of hydrogen-bond acceptors (Lipinski definition) is 6. The molecule has 2 aromatic carbocycles. The van der Waals surface area contributed by atoms with Gasteiger partial charge in [0.2, 0.25) is 0 Å². The molecule has 1 aromatic heterocycles. The van der Waals surface area contributed by atoms with Crippen molar-refractivity contribution in [2.75, 3.05) is 45.2 Å². The molecule has 8 heteroatoms. The van der Waals surface area contributed by atoms with Crippen molar-refractivity contribution in [2.45, 2.75) is 13.8 Å². The Bertz CT molecular complexity index is 1120. The van der Waals surface area contributed by atoms with Crippen LogP contribution >= 0.6 is 11.3 Å². The number of nitrogens with zero attached hydrogens (tertiary/aromatic N) is 3. The van der Waals surface area contributed by atoms with Crippen LogP contribution in [0.5, 0.6) is 5.75 Å². The minimum absolute atomic E-state index is 0.0379. The zero-order valence-electron chi connectivity index (χ0n) is 18.0. The molecule has 1 saturated heterocycles. The van der Waals surface area contributed by atoms with Crippen LogP contribution in [-0.2, 0) is 4.79 Å². The number of aryl methyl sites for hydroxylation is 1. The average Bonchev–Trinajstić information content (AvgIpc) is 3.16. The summed E-state index contributed by atoms with van der Waals surface area (Å²) in [6.07, 6.45) is 0. The molecule has 162 valence electrons. The van der Waals surface area contributed by atoms with Gasteiger partial charge in [-0.1, -0.05) is 23.5 Å². The fraction of sp³-hybridized carbons (Fsp3) is 0.348. The largest absolute Gasteiger partial charge is 0.483 e. The number of piperazine rings is 1. The van der Waals surface area contributed by atoms with Gasteiger partial charge >= 0.3 is 0 Å². The predicted molar refractivity (Wildman–Crippen MR) is 123 cm³/mol. The number of aromatic nitrogens is 1. The Balaban J connectivity index is 1.40. The number of hydrogen-bond donors (Lipinski definition) is 1. The molecule has 7 nitrogen and oxygen atoms in total. The van der Waals surface area contributed by atoms with Crippen molar-refractivity contribution >= 4 is 38.5 Å². The summed E-state index contributed by atoms with van der Waals surface area (Å²) in [6, 6.07) is 11.3. The molecule has 2 heterocycles. The van der Waals surface area contributed by atoms with Crippen LogP contribution in [0, 0.1) is 13.8 Å². The van der Waals surface area contributed by atoms with Gasteiger partial charge in [-0.05, 0) is 56.3 Å². The van der Waals surface area contributed by atoms with Gasteiger partial charge in [0, 0.05) is 31.7 Å². The lowest BCUT2D eigenvalue weighted by Gasteiger charge is -2.32. The number of carbonyl (C=O) groups is 2. The van der Waals surface area contributed by atoms with Crippen LogP contribution in [0.1, 0.15) is 21.5 Å². The van der Waals surface area contributed by atoms with Crippen molar-refractivity contribution in [3.05, 3.63) is 53.1 Å². The summed E-state index contributed by atoms with van der Waals surface area (Å²) < 4.78 is 6.53. The number of nitrogens with one attached hydrogen (secondary N) is 1.